The first-order chi connectivity index (χ1) is 16.3. The molecule has 0 saturated carbocycles. The maximum Gasteiger partial charge on any atom is 0.257 e. The SMILES string of the molecule is Cc1cc(S(=O)(=O)N2CCC(c3ccn4ncc(C(=O)N5CCOCC5)c4c3)CC2)ccc1F. The Morgan fingerprint density at radius 1 is 1.09 bits per heavy atom. The van der Waals surface area contributed by atoms with E-state index in [1.54, 1.807) is 22.5 Å². The number of benzene rings is 1. The van der Waals surface area contributed by atoms with E-state index in [0.29, 0.717) is 63.4 Å². The number of carbonyl (C=O) groups is 1. The van der Waals surface area contributed by atoms with E-state index in [9.17, 15) is 17.6 Å². The van der Waals surface area contributed by atoms with Gasteiger partial charge in [-0.05, 0) is 67.1 Å². The van der Waals surface area contributed by atoms with Gasteiger partial charge in [0.2, 0.25) is 10.0 Å². The number of amides is 1. The summed E-state index contributed by atoms with van der Waals surface area (Å²) in [5.74, 6) is -0.294. The molecule has 5 rings (SSSR count). The van der Waals surface area contributed by atoms with Crippen LogP contribution in [0.3, 0.4) is 0 Å². The molecule has 3 aromatic rings. The number of halogens is 1. The summed E-state index contributed by atoms with van der Waals surface area (Å²) in [4.78, 5) is 14.9. The highest BCUT2D eigenvalue weighted by Crippen LogP contribution is 2.32. The molecule has 0 radical (unpaired) electrons. The van der Waals surface area contributed by atoms with Crippen LogP contribution in [0.1, 0.15) is 40.2 Å². The van der Waals surface area contributed by atoms with Crippen LogP contribution in [-0.4, -0.2) is 72.5 Å². The van der Waals surface area contributed by atoms with E-state index in [1.165, 1.54) is 22.5 Å². The molecule has 34 heavy (non-hydrogen) atoms. The van der Waals surface area contributed by atoms with E-state index in [0.717, 1.165) is 11.1 Å². The second kappa shape index (κ2) is 9.09. The van der Waals surface area contributed by atoms with Crippen molar-refractivity contribution in [2.45, 2.75) is 30.6 Å². The van der Waals surface area contributed by atoms with Crippen molar-refractivity contribution < 1.29 is 22.3 Å². The lowest BCUT2D eigenvalue weighted by molar-refractivity contribution is 0.0304. The summed E-state index contributed by atoms with van der Waals surface area (Å²) in [7, 11) is -3.67. The lowest BCUT2D eigenvalue weighted by Gasteiger charge is -2.31. The van der Waals surface area contributed by atoms with Crippen LogP contribution in [0.15, 0.2) is 47.6 Å². The smallest absolute Gasteiger partial charge is 0.257 e. The normalized spacial score (nSPS) is 18.5. The third-order valence-corrected chi connectivity index (χ3v) is 8.66. The van der Waals surface area contributed by atoms with E-state index in [1.807, 2.05) is 18.3 Å². The van der Waals surface area contributed by atoms with Crippen molar-refractivity contribution in [3.8, 4) is 0 Å². The van der Waals surface area contributed by atoms with Gasteiger partial charge >= 0.3 is 0 Å². The van der Waals surface area contributed by atoms with Crippen LogP contribution in [0.5, 0.6) is 0 Å². The predicted molar refractivity (Wildman–Crippen MR) is 124 cm³/mol. The maximum absolute atomic E-state index is 13.6. The minimum absolute atomic E-state index is 0.0500. The zero-order chi connectivity index (χ0) is 23.9. The highest BCUT2D eigenvalue weighted by Gasteiger charge is 2.31. The summed E-state index contributed by atoms with van der Waals surface area (Å²) in [6.45, 7) is 4.53. The van der Waals surface area contributed by atoms with Crippen molar-refractivity contribution in [1.29, 1.82) is 0 Å². The lowest BCUT2D eigenvalue weighted by atomic mass is 9.90. The summed E-state index contributed by atoms with van der Waals surface area (Å²) in [5, 5.41) is 4.34. The molecule has 0 spiro atoms. The van der Waals surface area contributed by atoms with Gasteiger partial charge in [-0.1, -0.05) is 0 Å². The molecule has 8 nitrogen and oxygen atoms in total. The molecule has 0 bridgehead atoms. The minimum atomic E-state index is -3.67. The molecule has 4 heterocycles. The number of ether oxygens (including phenoxy) is 1. The number of sulfonamides is 1. The average Bonchev–Trinajstić information content (AvgIpc) is 3.29. The number of hydrogen-bond acceptors (Lipinski definition) is 5. The molecule has 2 aromatic heterocycles. The fraction of sp³-hybridized carbons (Fsp3) is 0.417. The molecule has 2 saturated heterocycles. The van der Waals surface area contributed by atoms with E-state index >= 15 is 0 Å². The van der Waals surface area contributed by atoms with Gasteiger partial charge in [-0.2, -0.15) is 9.40 Å². The van der Waals surface area contributed by atoms with Crippen LogP contribution in [0.2, 0.25) is 0 Å². The molecule has 0 atom stereocenters. The van der Waals surface area contributed by atoms with Crippen LogP contribution >= 0.6 is 0 Å². The molecule has 0 unspecified atom stereocenters. The van der Waals surface area contributed by atoms with Crippen molar-refractivity contribution in [2.75, 3.05) is 39.4 Å². The number of rotatable bonds is 4. The van der Waals surface area contributed by atoms with Crippen molar-refractivity contribution in [3.05, 3.63) is 65.2 Å². The molecule has 1 aromatic carbocycles. The third-order valence-electron chi connectivity index (χ3n) is 6.77. The highest BCUT2D eigenvalue weighted by atomic mass is 32.2. The third kappa shape index (κ3) is 4.21. The topological polar surface area (TPSA) is 84.2 Å². The fourth-order valence-corrected chi connectivity index (χ4v) is 6.26. The van der Waals surface area contributed by atoms with Gasteiger partial charge in [0, 0.05) is 32.4 Å². The number of aromatic nitrogens is 2. The Bertz CT molecular complexity index is 1330. The first-order valence-electron chi connectivity index (χ1n) is 11.5. The second-order valence-corrected chi connectivity index (χ2v) is 10.8. The average molecular weight is 487 g/mol. The summed E-state index contributed by atoms with van der Waals surface area (Å²) < 4.78 is 48.2. The summed E-state index contributed by atoms with van der Waals surface area (Å²) >= 11 is 0. The van der Waals surface area contributed by atoms with Gasteiger partial charge in [0.1, 0.15) is 5.82 Å². The molecular formula is C24H27FN4O4S. The monoisotopic (exact) mass is 486 g/mol. The predicted octanol–water partition coefficient (Wildman–Crippen LogP) is 2.82. The van der Waals surface area contributed by atoms with E-state index in [2.05, 4.69) is 5.10 Å². The van der Waals surface area contributed by atoms with Gasteiger partial charge in [-0.3, -0.25) is 4.79 Å². The molecule has 0 N–H and O–H groups in total. The highest BCUT2D eigenvalue weighted by molar-refractivity contribution is 7.89. The van der Waals surface area contributed by atoms with Crippen LogP contribution in [-0.2, 0) is 14.8 Å². The number of fused-ring (bicyclic) bond motifs is 1. The Hall–Kier alpha value is -2.82. The Morgan fingerprint density at radius 3 is 2.53 bits per heavy atom. The molecule has 2 aliphatic heterocycles. The van der Waals surface area contributed by atoms with Crippen molar-refractivity contribution in [1.82, 2.24) is 18.8 Å². The minimum Gasteiger partial charge on any atom is -0.378 e. The number of pyridine rings is 1. The Kier molecular flexibility index (Phi) is 6.13. The molecule has 10 heteroatoms. The quantitative estimate of drug-likeness (QED) is 0.566. The number of piperidine rings is 1. The molecule has 2 aliphatic rings. The van der Waals surface area contributed by atoms with Gasteiger partial charge in [-0.15, -0.1) is 0 Å². The van der Waals surface area contributed by atoms with Gasteiger partial charge in [0.05, 0.1) is 35.4 Å². The number of morpholine rings is 1. The Morgan fingerprint density at radius 2 is 1.82 bits per heavy atom. The summed E-state index contributed by atoms with van der Waals surface area (Å²) in [5.41, 5.74) is 2.70. The number of nitrogens with zero attached hydrogens (tertiary/aromatic N) is 4. The summed E-state index contributed by atoms with van der Waals surface area (Å²) in [6, 6.07) is 7.90. The largest absolute Gasteiger partial charge is 0.378 e. The van der Waals surface area contributed by atoms with Crippen molar-refractivity contribution in [2.24, 2.45) is 0 Å². The Labute approximate surface area is 198 Å². The number of hydrogen-bond donors (Lipinski definition) is 0. The molecular weight excluding hydrogens is 459 g/mol. The van der Waals surface area contributed by atoms with Gasteiger partial charge in [0.15, 0.2) is 0 Å². The van der Waals surface area contributed by atoms with Gasteiger partial charge in [-0.25, -0.2) is 17.3 Å². The zero-order valence-corrected chi connectivity index (χ0v) is 19.8. The molecule has 180 valence electrons. The summed E-state index contributed by atoms with van der Waals surface area (Å²) in [6.07, 6.45) is 4.79. The lowest BCUT2D eigenvalue weighted by Crippen LogP contribution is -2.40. The Balaban J connectivity index is 1.32. The van der Waals surface area contributed by atoms with Gasteiger partial charge in [0.25, 0.3) is 5.91 Å². The van der Waals surface area contributed by atoms with E-state index < -0.39 is 15.8 Å². The van der Waals surface area contributed by atoms with Gasteiger partial charge < -0.3 is 9.64 Å². The van der Waals surface area contributed by atoms with Crippen LogP contribution < -0.4 is 0 Å². The van der Waals surface area contributed by atoms with Crippen molar-refractivity contribution in [3.63, 3.8) is 0 Å². The maximum atomic E-state index is 13.6. The number of aryl methyl sites for hydroxylation is 1. The fourth-order valence-electron chi connectivity index (χ4n) is 4.71. The first kappa shape index (κ1) is 22.9. The number of carbonyl (C=O) groups excluding carboxylic acids is 1. The van der Waals surface area contributed by atoms with E-state index in [-0.39, 0.29) is 16.7 Å². The van der Waals surface area contributed by atoms with Crippen LogP contribution in [0.25, 0.3) is 5.52 Å². The molecule has 2 fully saturated rings. The standard InChI is InChI=1S/C24H27FN4O4S/c1-17-14-20(2-3-22(17)25)34(31,32)28-7-4-18(5-8-28)19-6-9-29-23(15-19)21(16-26-29)24(30)27-10-12-33-13-11-27/h2-3,6,9,14-16,18H,4-5,7-8,10-13H2,1H3. The molecule has 1 amide bonds. The zero-order valence-electron chi connectivity index (χ0n) is 19.0. The van der Waals surface area contributed by atoms with Crippen LogP contribution in [0.4, 0.5) is 4.39 Å². The van der Waals surface area contributed by atoms with E-state index in [4.69, 9.17) is 4.74 Å². The van der Waals surface area contributed by atoms with Crippen molar-refractivity contribution >= 4 is 21.4 Å². The van der Waals surface area contributed by atoms with Crippen LogP contribution in [0, 0.1) is 12.7 Å². The second-order valence-electron chi connectivity index (χ2n) is 8.84. The first-order valence-corrected chi connectivity index (χ1v) is 12.9. The molecule has 0 aliphatic carbocycles.